The molecule has 2 N–H and O–H groups in total. The van der Waals surface area contributed by atoms with Crippen LogP contribution >= 0.6 is 0 Å². The number of benzene rings is 1. The standard InChI is InChI=1S/C14H15N3O5/c18-12(19)8-22-11-5-1-9(2-6-11)7-15-17-14(21)13(20)16-10-3-4-10/h1-2,5-7,10H,3-4,8H2,(H,16,20)(H,17,21)(H,18,19)/p-1/b15-7-. The summed E-state index contributed by atoms with van der Waals surface area (Å²) >= 11 is 0. The Hall–Kier alpha value is -2.90. The van der Waals surface area contributed by atoms with Gasteiger partial charge in [-0.1, -0.05) is 0 Å². The van der Waals surface area contributed by atoms with Crippen LogP contribution in [0.4, 0.5) is 0 Å². The number of ether oxygens (including phenoxy) is 1. The van der Waals surface area contributed by atoms with E-state index in [1.807, 2.05) is 0 Å². The molecule has 1 aliphatic rings. The van der Waals surface area contributed by atoms with Gasteiger partial charge >= 0.3 is 11.8 Å². The first-order chi connectivity index (χ1) is 10.5. The maximum absolute atomic E-state index is 11.4. The average Bonchev–Trinajstić information content (AvgIpc) is 3.30. The minimum Gasteiger partial charge on any atom is -0.546 e. The fourth-order valence-electron chi connectivity index (χ4n) is 1.49. The van der Waals surface area contributed by atoms with Gasteiger partial charge in [0.2, 0.25) is 0 Å². The zero-order valence-corrected chi connectivity index (χ0v) is 11.6. The Morgan fingerprint density at radius 2 is 1.91 bits per heavy atom. The Kier molecular flexibility index (Phi) is 5.07. The molecular weight excluding hydrogens is 290 g/mol. The normalized spacial score (nSPS) is 13.6. The third kappa shape index (κ3) is 5.23. The van der Waals surface area contributed by atoms with E-state index in [4.69, 9.17) is 4.74 Å². The summed E-state index contributed by atoms with van der Waals surface area (Å²) in [6.07, 6.45) is 3.15. The molecule has 0 radical (unpaired) electrons. The monoisotopic (exact) mass is 304 g/mol. The summed E-state index contributed by atoms with van der Waals surface area (Å²) in [6.45, 7) is -0.528. The van der Waals surface area contributed by atoms with E-state index in [9.17, 15) is 19.5 Å². The largest absolute Gasteiger partial charge is 0.546 e. The third-order valence-electron chi connectivity index (χ3n) is 2.74. The highest BCUT2D eigenvalue weighted by molar-refractivity contribution is 6.35. The molecule has 2 rings (SSSR count). The van der Waals surface area contributed by atoms with Gasteiger partial charge in [0, 0.05) is 6.04 Å². The second-order valence-electron chi connectivity index (χ2n) is 4.68. The predicted molar refractivity (Wildman–Crippen MR) is 73.8 cm³/mol. The SMILES string of the molecule is O=C([O-])COc1ccc(/C=N\NC(=O)C(=O)NC2CC2)cc1. The van der Waals surface area contributed by atoms with Crippen LogP contribution in [0.2, 0.25) is 0 Å². The minimum atomic E-state index is -1.31. The summed E-state index contributed by atoms with van der Waals surface area (Å²) in [6, 6.07) is 6.43. The van der Waals surface area contributed by atoms with Gasteiger partial charge < -0.3 is 20.0 Å². The van der Waals surface area contributed by atoms with Gasteiger partial charge in [0.05, 0.1) is 12.2 Å². The quantitative estimate of drug-likeness (QED) is 0.378. The molecule has 1 aromatic carbocycles. The molecule has 8 heteroatoms. The van der Waals surface area contributed by atoms with Crippen LogP contribution < -0.4 is 20.6 Å². The van der Waals surface area contributed by atoms with E-state index in [1.54, 1.807) is 24.3 Å². The third-order valence-corrected chi connectivity index (χ3v) is 2.74. The fourth-order valence-corrected chi connectivity index (χ4v) is 1.49. The number of nitrogens with zero attached hydrogens (tertiary/aromatic N) is 1. The number of aliphatic carboxylic acids is 1. The van der Waals surface area contributed by atoms with E-state index in [0.717, 1.165) is 12.8 Å². The van der Waals surface area contributed by atoms with Crippen LogP contribution in [0.1, 0.15) is 18.4 Å². The Balaban J connectivity index is 1.78. The summed E-state index contributed by atoms with van der Waals surface area (Å²) in [5.74, 6) is -2.46. The zero-order chi connectivity index (χ0) is 15.9. The number of rotatable bonds is 6. The molecule has 8 nitrogen and oxygen atoms in total. The summed E-state index contributed by atoms with van der Waals surface area (Å²) in [7, 11) is 0. The van der Waals surface area contributed by atoms with Crippen LogP contribution in [0.5, 0.6) is 5.75 Å². The molecule has 0 atom stereocenters. The molecule has 0 aliphatic heterocycles. The molecule has 0 bridgehead atoms. The molecule has 116 valence electrons. The Labute approximate surface area is 126 Å². The van der Waals surface area contributed by atoms with Crippen molar-refractivity contribution in [1.29, 1.82) is 0 Å². The Morgan fingerprint density at radius 1 is 1.23 bits per heavy atom. The van der Waals surface area contributed by atoms with Crippen molar-refractivity contribution in [3.05, 3.63) is 29.8 Å². The lowest BCUT2D eigenvalue weighted by Crippen LogP contribution is -2.38. The van der Waals surface area contributed by atoms with Crippen molar-refractivity contribution < 1.29 is 24.2 Å². The number of carboxylic acids is 1. The molecule has 22 heavy (non-hydrogen) atoms. The van der Waals surface area contributed by atoms with Crippen LogP contribution in [0.25, 0.3) is 0 Å². The van der Waals surface area contributed by atoms with E-state index in [0.29, 0.717) is 11.3 Å². The van der Waals surface area contributed by atoms with E-state index in [-0.39, 0.29) is 6.04 Å². The number of nitrogens with one attached hydrogen (secondary N) is 2. The molecule has 1 aromatic rings. The first-order valence-corrected chi connectivity index (χ1v) is 6.61. The van der Waals surface area contributed by atoms with Crippen LogP contribution in [0, 0.1) is 0 Å². The molecule has 0 saturated heterocycles. The molecule has 1 aliphatic carbocycles. The van der Waals surface area contributed by atoms with Gasteiger partial charge in [0.1, 0.15) is 12.4 Å². The number of hydrogen-bond acceptors (Lipinski definition) is 6. The summed E-state index contributed by atoms with van der Waals surface area (Å²) in [4.78, 5) is 33.0. The highest BCUT2D eigenvalue weighted by Crippen LogP contribution is 2.18. The second kappa shape index (κ2) is 7.21. The van der Waals surface area contributed by atoms with E-state index >= 15 is 0 Å². The fraction of sp³-hybridized carbons (Fsp3) is 0.286. The van der Waals surface area contributed by atoms with Crippen LogP contribution in [-0.2, 0) is 14.4 Å². The van der Waals surface area contributed by atoms with Crippen LogP contribution in [0.15, 0.2) is 29.4 Å². The van der Waals surface area contributed by atoms with Crippen molar-refractivity contribution in [3.63, 3.8) is 0 Å². The van der Waals surface area contributed by atoms with Crippen LogP contribution in [0.3, 0.4) is 0 Å². The minimum absolute atomic E-state index is 0.107. The van der Waals surface area contributed by atoms with E-state index in [1.165, 1.54) is 6.21 Å². The Bertz CT molecular complexity index is 593. The molecule has 0 spiro atoms. The van der Waals surface area contributed by atoms with Crippen LogP contribution in [-0.4, -0.2) is 36.6 Å². The highest BCUT2D eigenvalue weighted by atomic mass is 16.5. The first kappa shape index (κ1) is 15.5. The molecule has 0 aromatic heterocycles. The average molecular weight is 304 g/mol. The topological polar surface area (TPSA) is 120 Å². The van der Waals surface area contributed by atoms with Gasteiger partial charge in [-0.05, 0) is 42.7 Å². The molecule has 1 saturated carbocycles. The Morgan fingerprint density at radius 3 is 2.50 bits per heavy atom. The second-order valence-corrected chi connectivity index (χ2v) is 4.68. The highest BCUT2D eigenvalue weighted by Gasteiger charge is 2.26. The number of hydrogen-bond donors (Lipinski definition) is 2. The van der Waals surface area contributed by atoms with Gasteiger partial charge in [-0.25, -0.2) is 5.43 Å². The van der Waals surface area contributed by atoms with E-state index < -0.39 is 24.4 Å². The molecular formula is C14H14N3O5-. The lowest BCUT2D eigenvalue weighted by Gasteiger charge is -2.06. The predicted octanol–water partition coefficient (Wildman–Crippen LogP) is -1.46. The van der Waals surface area contributed by atoms with Gasteiger partial charge in [-0.15, -0.1) is 0 Å². The van der Waals surface area contributed by atoms with Crippen molar-refractivity contribution in [2.75, 3.05) is 6.61 Å². The summed E-state index contributed by atoms with van der Waals surface area (Å²) in [5, 5.41) is 16.4. The smallest absolute Gasteiger partial charge is 0.329 e. The van der Waals surface area contributed by atoms with Gasteiger partial charge in [0.15, 0.2) is 0 Å². The maximum Gasteiger partial charge on any atom is 0.329 e. The lowest BCUT2D eigenvalue weighted by atomic mass is 10.2. The van der Waals surface area contributed by atoms with Crippen molar-refractivity contribution in [1.82, 2.24) is 10.7 Å². The first-order valence-electron chi connectivity index (χ1n) is 6.61. The van der Waals surface area contributed by atoms with Crippen molar-refractivity contribution in [2.45, 2.75) is 18.9 Å². The number of carbonyl (C=O) groups is 3. The maximum atomic E-state index is 11.4. The number of amides is 2. The van der Waals surface area contributed by atoms with Crippen molar-refractivity contribution in [2.24, 2.45) is 5.10 Å². The molecule has 1 fully saturated rings. The number of carbonyl (C=O) groups excluding carboxylic acids is 3. The molecule has 0 heterocycles. The lowest BCUT2D eigenvalue weighted by molar-refractivity contribution is -0.307. The zero-order valence-electron chi connectivity index (χ0n) is 11.6. The molecule has 2 amide bonds. The number of hydrazone groups is 1. The van der Waals surface area contributed by atoms with Crippen molar-refractivity contribution >= 4 is 24.0 Å². The van der Waals surface area contributed by atoms with Crippen molar-refractivity contribution in [3.8, 4) is 5.75 Å². The van der Waals surface area contributed by atoms with E-state index in [2.05, 4.69) is 15.8 Å². The van der Waals surface area contributed by atoms with Gasteiger partial charge in [-0.3, -0.25) is 9.59 Å². The summed E-state index contributed by atoms with van der Waals surface area (Å²) < 4.78 is 4.91. The van der Waals surface area contributed by atoms with Gasteiger partial charge in [-0.2, -0.15) is 5.10 Å². The molecule has 0 unspecified atom stereocenters. The number of carboxylic acid groups (broad SMARTS) is 1. The summed E-state index contributed by atoms with van der Waals surface area (Å²) in [5.41, 5.74) is 2.76. The van der Waals surface area contributed by atoms with Gasteiger partial charge in [0.25, 0.3) is 0 Å².